The van der Waals surface area contributed by atoms with Crippen LogP contribution in [0.3, 0.4) is 0 Å². The molecule has 0 saturated heterocycles. The van der Waals surface area contributed by atoms with Crippen LogP contribution in [0.15, 0.2) is 0 Å². The van der Waals surface area contributed by atoms with Crippen molar-refractivity contribution in [3.8, 4) is 0 Å². The van der Waals surface area contributed by atoms with E-state index in [2.05, 4.69) is 5.48 Å². The van der Waals surface area contributed by atoms with Gasteiger partial charge in [-0.15, -0.1) is 0 Å². The first-order valence-corrected chi connectivity index (χ1v) is 4.18. The summed E-state index contributed by atoms with van der Waals surface area (Å²) < 4.78 is 4.77. The molecule has 12 heavy (non-hydrogen) atoms. The first kappa shape index (κ1) is 11.8. The van der Waals surface area contributed by atoms with Gasteiger partial charge in [0.25, 0.3) is 0 Å². The second-order valence-corrected chi connectivity index (χ2v) is 3.01. The normalized spacial score (nSPS) is 16.0. The van der Waals surface area contributed by atoms with Gasteiger partial charge in [0.15, 0.2) is 0 Å². The zero-order chi connectivity index (χ0) is 9.45. The highest BCUT2D eigenvalue weighted by Gasteiger charge is 2.16. The van der Waals surface area contributed by atoms with E-state index < -0.39 is 5.60 Å². The standard InChI is InChI=1S/C8H19NO3/c1-4-8(2,10)7-9-12-6-5-11-3/h9-10H,4-7H2,1-3H3. The lowest BCUT2D eigenvalue weighted by Crippen LogP contribution is -2.37. The van der Waals surface area contributed by atoms with Gasteiger partial charge >= 0.3 is 0 Å². The molecule has 0 rings (SSSR count). The van der Waals surface area contributed by atoms with Crippen molar-refractivity contribution in [3.63, 3.8) is 0 Å². The Morgan fingerprint density at radius 3 is 2.58 bits per heavy atom. The maximum atomic E-state index is 9.51. The monoisotopic (exact) mass is 177 g/mol. The molecule has 2 N–H and O–H groups in total. The summed E-state index contributed by atoms with van der Waals surface area (Å²) in [5.74, 6) is 0. The van der Waals surface area contributed by atoms with Crippen molar-refractivity contribution in [3.05, 3.63) is 0 Å². The Morgan fingerprint density at radius 1 is 1.42 bits per heavy atom. The Bertz CT molecular complexity index is 106. The molecule has 0 radical (unpaired) electrons. The van der Waals surface area contributed by atoms with Crippen molar-refractivity contribution >= 4 is 0 Å². The first-order valence-electron chi connectivity index (χ1n) is 4.18. The van der Waals surface area contributed by atoms with Crippen LogP contribution in [-0.2, 0) is 9.57 Å². The van der Waals surface area contributed by atoms with Crippen LogP contribution in [0.4, 0.5) is 0 Å². The van der Waals surface area contributed by atoms with Gasteiger partial charge in [0.1, 0.15) is 0 Å². The zero-order valence-electron chi connectivity index (χ0n) is 8.09. The first-order chi connectivity index (χ1) is 5.62. The average molecular weight is 177 g/mol. The van der Waals surface area contributed by atoms with Crippen molar-refractivity contribution in [2.45, 2.75) is 25.9 Å². The van der Waals surface area contributed by atoms with Crippen molar-refractivity contribution in [1.82, 2.24) is 5.48 Å². The lowest BCUT2D eigenvalue weighted by Gasteiger charge is -2.21. The van der Waals surface area contributed by atoms with Crippen molar-refractivity contribution in [1.29, 1.82) is 0 Å². The second-order valence-electron chi connectivity index (χ2n) is 3.01. The van der Waals surface area contributed by atoms with E-state index >= 15 is 0 Å². The highest BCUT2D eigenvalue weighted by molar-refractivity contribution is 4.70. The van der Waals surface area contributed by atoms with E-state index in [0.717, 1.165) is 0 Å². The molecule has 74 valence electrons. The molecule has 0 heterocycles. The predicted molar refractivity (Wildman–Crippen MR) is 46.7 cm³/mol. The summed E-state index contributed by atoms with van der Waals surface area (Å²) in [7, 11) is 1.62. The van der Waals surface area contributed by atoms with Crippen molar-refractivity contribution < 1.29 is 14.7 Å². The molecule has 0 fully saturated rings. The fourth-order valence-corrected chi connectivity index (χ4v) is 0.529. The van der Waals surface area contributed by atoms with E-state index in [4.69, 9.17) is 9.57 Å². The van der Waals surface area contributed by atoms with Crippen LogP contribution < -0.4 is 5.48 Å². The highest BCUT2D eigenvalue weighted by atomic mass is 16.7. The van der Waals surface area contributed by atoms with E-state index in [-0.39, 0.29) is 0 Å². The van der Waals surface area contributed by atoms with Crippen molar-refractivity contribution in [2.24, 2.45) is 0 Å². The van der Waals surface area contributed by atoms with Crippen LogP contribution >= 0.6 is 0 Å². The summed E-state index contributed by atoms with van der Waals surface area (Å²) in [6, 6.07) is 0. The summed E-state index contributed by atoms with van der Waals surface area (Å²) in [4.78, 5) is 4.98. The molecule has 1 unspecified atom stereocenters. The Kier molecular flexibility index (Phi) is 6.28. The number of hydrogen-bond donors (Lipinski definition) is 2. The summed E-state index contributed by atoms with van der Waals surface area (Å²) in [5, 5.41) is 9.51. The molecule has 0 aromatic carbocycles. The maximum Gasteiger partial charge on any atom is 0.0915 e. The molecule has 0 aromatic rings. The quantitative estimate of drug-likeness (QED) is 0.434. The molecule has 4 nitrogen and oxygen atoms in total. The maximum absolute atomic E-state index is 9.51. The van der Waals surface area contributed by atoms with E-state index in [1.807, 2.05) is 6.92 Å². The van der Waals surface area contributed by atoms with Crippen LogP contribution in [0.2, 0.25) is 0 Å². The molecule has 0 saturated carbocycles. The Balaban J connectivity index is 3.19. The predicted octanol–water partition coefficient (Wildman–Crippen LogP) is 0.315. The highest BCUT2D eigenvalue weighted by Crippen LogP contribution is 2.05. The number of nitrogens with one attached hydrogen (secondary N) is 1. The number of hydrogen-bond acceptors (Lipinski definition) is 4. The van der Waals surface area contributed by atoms with Gasteiger partial charge < -0.3 is 9.84 Å². The molecule has 1 atom stereocenters. The topological polar surface area (TPSA) is 50.7 Å². The molecule has 0 spiro atoms. The third-order valence-electron chi connectivity index (χ3n) is 1.71. The van der Waals surface area contributed by atoms with E-state index in [0.29, 0.717) is 26.2 Å². The van der Waals surface area contributed by atoms with E-state index in [1.165, 1.54) is 0 Å². The number of aliphatic hydroxyl groups is 1. The second kappa shape index (κ2) is 6.37. The van der Waals surface area contributed by atoms with Crippen LogP contribution in [0.25, 0.3) is 0 Å². The molecular weight excluding hydrogens is 158 g/mol. The zero-order valence-corrected chi connectivity index (χ0v) is 8.09. The smallest absolute Gasteiger partial charge is 0.0915 e. The summed E-state index contributed by atoms with van der Waals surface area (Å²) in [5.41, 5.74) is 1.99. The molecule has 0 bridgehead atoms. The van der Waals surface area contributed by atoms with E-state index in [1.54, 1.807) is 14.0 Å². The van der Waals surface area contributed by atoms with Gasteiger partial charge in [-0.2, -0.15) is 5.48 Å². The summed E-state index contributed by atoms with van der Waals surface area (Å²) >= 11 is 0. The van der Waals surface area contributed by atoms with Gasteiger partial charge in [-0.3, -0.25) is 4.84 Å². The molecule has 0 amide bonds. The third kappa shape index (κ3) is 6.54. The Hall–Kier alpha value is -0.160. The minimum absolute atomic E-state index is 0.438. The van der Waals surface area contributed by atoms with Crippen LogP contribution in [-0.4, -0.2) is 37.6 Å². The number of ether oxygens (including phenoxy) is 1. The molecule has 0 aliphatic carbocycles. The van der Waals surface area contributed by atoms with Gasteiger partial charge in [-0.05, 0) is 13.3 Å². The Labute approximate surface area is 73.8 Å². The summed E-state index contributed by atoms with van der Waals surface area (Å²) in [6.07, 6.45) is 0.702. The van der Waals surface area contributed by atoms with Gasteiger partial charge in [0, 0.05) is 13.7 Å². The minimum atomic E-state index is -0.687. The molecule has 0 aromatic heterocycles. The van der Waals surface area contributed by atoms with Crippen LogP contribution in [0.5, 0.6) is 0 Å². The van der Waals surface area contributed by atoms with Crippen molar-refractivity contribution in [2.75, 3.05) is 26.9 Å². The van der Waals surface area contributed by atoms with Gasteiger partial charge in [-0.1, -0.05) is 6.92 Å². The molecular formula is C8H19NO3. The number of rotatable bonds is 7. The molecule has 0 aliphatic rings. The van der Waals surface area contributed by atoms with Crippen LogP contribution in [0.1, 0.15) is 20.3 Å². The molecule has 4 heteroatoms. The Morgan fingerprint density at radius 2 is 2.08 bits per heavy atom. The fourth-order valence-electron chi connectivity index (χ4n) is 0.529. The summed E-state index contributed by atoms with van der Waals surface area (Å²) in [6.45, 7) is 5.18. The molecule has 0 aliphatic heterocycles. The lowest BCUT2D eigenvalue weighted by molar-refractivity contribution is -0.0387. The average Bonchev–Trinajstić information content (AvgIpc) is 2.04. The largest absolute Gasteiger partial charge is 0.389 e. The lowest BCUT2D eigenvalue weighted by atomic mass is 10.1. The number of hydroxylamine groups is 1. The van der Waals surface area contributed by atoms with Gasteiger partial charge in [0.05, 0.1) is 18.8 Å². The van der Waals surface area contributed by atoms with Gasteiger partial charge in [0.2, 0.25) is 0 Å². The van der Waals surface area contributed by atoms with Gasteiger partial charge in [-0.25, -0.2) is 0 Å². The minimum Gasteiger partial charge on any atom is -0.389 e. The van der Waals surface area contributed by atoms with E-state index in [9.17, 15) is 5.11 Å². The third-order valence-corrected chi connectivity index (χ3v) is 1.71. The fraction of sp³-hybridized carbons (Fsp3) is 1.00. The number of methoxy groups -OCH3 is 1. The van der Waals surface area contributed by atoms with Crippen LogP contribution in [0, 0.1) is 0 Å². The SMILES string of the molecule is CCC(C)(O)CNOCCOC.